The molecule has 0 saturated carbocycles. The molecular formula is C23H21N3O2. The summed E-state index contributed by atoms with van der Waals surface area (Å²) in [4.78, 5) is 26.5. The second-order valence-corrected chi connectivity index (χ2v) is 6.77. The van der Waals surface area contributed by atoms with Crippen molar-refractivity contribution in [2.45, 2.75) is 20.0 Å². The average Bonchev–Trinajstić information content (AvgIpc) is 2.94. The van der Waals surface area contributed by atoms with Crippen LogP contribution in [0.3, 0.4) is 0 Å². The number of rotatable bonds is 5. The van der Waals surface area contributed by atoms with E-state index < -0.39 is 0 Å². The molecule has 28 heavy (non-hydrogen) atoms. The molecule has 0 saturated heterocycles. The van der Waals surface area contributed by atoms with Crippen molar-refractivity contribution in [2.24, 2.45) is 0 Å². The number of aromatic nitrogens is 3. The van der Waals surface area contributed by atoms with Crippen LogP contribution < -0.4 is 11.4 Å². The summed E-state index contributed by atoms with van der Waals surface area (Å²) >= 11 is 0. The van der Waals surface area contributed by atoms with E-state index in [1.165, 1.54) is 13.9 Å². The molecule has 0 aliphatic carbocycles. The van der Waals surface area contributed by atoms with E-state index in [0.717, 1.165) is 16.7 Å². The molecule has 0 amide bonds. The van der Waals surface area contributed by atoms with Crippen LogP contribution in [0.1, 0.15) is 16.7 Å². The zero-order chi connectivity index (χ0) is 19.5. The molecule has 0 spiro atoms. The molecule has 4 aromatic rings. The highest BCUT2D eigenvalue weighted by molar-refractivity contribution is 5.39. The maximum Gasteiger partial charge on any atom is 0.352 e. The number of aryl methyl sites for hydroxylation is 1. The first-order valence-electron chi connectivity index (χ1n) is 9.21. The van der Waals surface area contributed by atoms with Crippen LogP contribution in [0.5, 0.6) is 0 Å². The van der Waals surface area contributed by atoms with E-state index in [2.05, 4.69) is 0 Å². The van der Waals surface area contributed by atoms with E-state index in [0.29, 0.717) is 18.8 Å². The van der Waals surface area contributed by atoms with E-state index in [1.54, 1.807) is 6.07 Å². The van der Waals surface area contributed by atoms with E-state index in [4.69, 9.17) is 0 Å². The molecule has 1 heterocycles. The van der Waals surface area contributed by atoms with Gasteiger partial charge in [0.1, 0.15) is 0 Å². The smallest absolute Gasteiger partial charge is 0.245 e. The van der Waals surface area contributed by atoms with E-state index in [-0.39, 0.29) is 11.4 Å². The molecule has 0 fully saturated rings. The topological polar surface area (TPSA) is 48.9 Å². The molecule has 0 atom stereocenters. The lowest BCUT2D eigenvalue weighted by Gasteiger charge is -2.09. The molecule has 0 radical (unpaired) electrons. The number of para-hydroxylation sites is 1. The molecule has 0 aliphatic heterocycles. The molecule has 5 nitrogen and oxygen atoms in total. The third-order valence-electron chi connectivity index (χ3n) is 4.82. The Balaban J connectivity index is 1.90. The standard InChI is InChI=1S/C23H21N3O2/c1-18-10-8-9-15-21(18)26-22(27)24(16-19-11-4-2-5-12-19)25(23(26)28)17-20-13-6-3-7-14-20/h2-15H,16-17H2,1H3. The second-order valence-electron chi connectivity index (χ2n) is 6.77. The molecular weight excluding hydrogens is 350 g/mol. The molecule has 4 rings (SSSR count). The van der Waals surface area contributed by atoms with E-state index in [9.17, 15) is 9.59 Å². The van der Waals surface area contributed by atoms with Crippen LogP contribution >= 0.6 is 0 Å². The van der Waals surface area contributed by atoms with Gasteiger partial charge in [-0.3, -0.25) is 0 Å². The largest absolute Gasteiger partial charge is 0.352 e. The van der Waals surface area contributed by atoms with Crippen LogP contribution in [0.15, 0.2) is 94.5 Å². The first kappa shape index (κ1) is 17.8. The van der Waals surface area contributed by atoms with Crippen molar-refractivity contribution in [1.82, 2.24) is 13.9 Å². The maximum atomic E-state index is 13.3. The maximum absolute atomic E-state index is 13.3. The van der Waals surface area contributed by atoms with E-state index in [1.807, 2.05) is 85.8 Å². The number of hydrogen-bond acceptors (Lipinski definition) is 2. The Kier molecular flexibility index (Phi) is 4.81. The number of benzene rings is 3. The van der Waals surface area contributed by atoms with Crippen molar-refractivity contribution < 1.29 is 0 Å². The van der Waals surface area contributed by atoms with Crippen LogP contribution in [-0.2, 0) is 13.1 Å². The summed E-state index contributed by atoms with van der Waals surface area (Å²) in [5.74, 6) is 0. The normalized spacial score (nSPS) is 10.9. The Labute approximate surface area is 162 Å². The molecule has 1 aromatic heterocycles. The van der Waals surface area contributed by atoms with Crippen LogP contribution in [-0.4, -0.2) is 13.9 Å². The van der Waals surface area contributed by atoms with Crippen LogP contribution in [0.2, 0.25) is 0 Å². The van der Waals surface area contributed by atoms with Gasteiger partial charge in [0.15, 0.2) is 0 Å². The predicted octanol–water partition coefficient (Wildman–Crippen LogP) is 3.21. The Morgan fingerprint density at radius 3 is 1.50 bits per heavy atom. The van der Waals surface area contributed by atoms with Gasteiger partial charge in [-0.1, -0.05) is 78.9 Å². The summed E-state index contributed by atoms with van der Waals surface area (Å²) in [5.41, 5.74) is 2.76. The lowest BCUT2D eigenvalue weighted by molar-refractivity contribution is 0.490. The highest BCUT2D eigenvalue weighted by Gasteiger charge is 2.18. The summed E-state index contributed by atoms with van der Waals surface area (Å²) in [5, 5.41) is 0. The van der Waals surface area contributed by atoms with Crippen molar-refractivity contribution in [1.29, 1.82) is 0 Å². The molecule has 140 valence electrons. The highest BCUT2D eigenvalue weighted by atomic mass is 16.2. The third kappa shape index (κ3) is 3.34. The fourth-order valence-corrected chi connectivity index (χ4v) is 3.36. The molecule has 0 bridgehead atoms. The van der Waals surface area contributed by atoms with Gasteiger partial charge >= 0.3 is 11.4 Å². The highest BCUT2D eigenvalue weighted by Crippen LogP contribution is 2.10. The van der Waals surface area contributed by atoms with Crippen LogP contribution in [0.25, 0.3) is 5.69 Å². The van der Waals surface area contributed by atoms with Gasteiger partial charge in [-0.15, -0.1) is 0 Å². The summed E-state index contributed by atoms with van der Waals surface area (Å²) in [7, 11) is 0. The summed E-state index contributed by atoms with van der Waals surface area (Å²) in [6, 6.07) is 26.8. The van der Waals surface area contributed by atoms with Gasteiger partial charge in [0.2, 0.25) is 0 Å². The van der Waals surface area contributed by atoms with Gasteiger partial charge in [-0.25, -0.2) is 23.5 Å². The first-order chi connectivity index (χ1) is 13.6. The lowest BCUT2D eigenvalue weighted by atomic mass is 10.2. The van der Waals surface area contributed by atoms with Gasteiger partial charge in [0, 0.05) is 0 Å². The van der Waals surface area contributed by atoms with Crippen LogP contribution in [0.4, 0.5) is 0 Å². The second kappa shape index (κ2) is 7.56. The van der Waals surface area contributed by atoms with Crippen molar-refractivity contribution in [3.8, 4) is 5.69 Å². The first-order valence-corrected chi connectivity index (χ1v) is 9.21. The lowest BCUT2D eigenvalue weighted by Crippen LogP contribution is -2.28. The molecule has 0 unspecified atom stereocenters. The molecule has 0 aliphatic rings. The SMILES string of the molecule is Cc1ccccc1-n1c(=O)n(Cc2ccccc2)n(Cc2ccccc2)c1=O. The Morgan fingerprint density at radius 2 is 1.04 bits per heavy atom. The molecule has 3 aromatic carbocycles. The average molecular weight is 371 g/mol. The minimum absolute atomic E-state index is 0.334. The fourth-order valence-electron chi connectivity index (χ4n) is 3.36. The molecule has 5 heteroatoms. The fraction of sp³-hybridized carbons (Fsp3) is 0.130. The quantitative estimate of drug-likeness (QED) is 0.541. The van der Waals surface area contributed by atoms with Gasteiger partial charge in [0.25, 0.3) is 0 Å². The predicted molar refractivity (Wildman–Crippen MR) is 110 cm³/mol. The summed E-state index contributed by atoms with van der Waals surface area (Å²) in [6.45, 7) is 2.57. The Bertz CT molecular complexity index is 1130. The zero-order valence-electron chi connectivity index (χ0n) is 15.7. The number of hydrogen-bond donors (Lipinski definition) is 0. The Hall–Kier alpha value is -3.60. The van der Waals surface area contributed by atoms with E-state index >= 15 is 0 Å². The summed E-state index contributed by atoms with van der Waals surface area (Å²) < 4.78 is 4.31. The minimum Gasteiger partial charge on any atom is -0.245 e. The van der Waals surface area contributed by atoms with Crippen molar-refractivity contribution in [2.75, 3.05) is 0 Å². The van der Waals surface area contributed by atoms with Gasteiger partial charge in [-0.05, 0) is 29.7 Å². The minimum atomic E-state index is -0.334. The summed E-state index contributed by atoms with van der Waals surface area (Å²) in [6.07, 6.45) is 0. The van der Waals surface area contributed by atoms with Crippen molar-refractivity contribution in [3.05, 3.63) is 123 Å². The molecule has 0 N–H and O–H groups in total. The monoisotopic (exact) mass is 371 g/mol. The van der Waals surface area contributed by atoms with Crippen molar-refractivity contribution >= 4 is 0 Å². The zero-order valence-corrected chi connectivity index (χ0v) is 15.7. The third-order valence-corrected chi connectivity index (χ3v) is 4.82. The van der Waals surface area contributed by atoms with Gasteiger partial charge in [0.05, 0.1) is 18.8 Å². The van der Waals surface area contributed by atoms with Gasteiger partial charge < -0.3 is 0 Å². The van der Waals surface area contributed by atoms with Gasteiger partial charge in [-0.2, -0.15) is 0 Å². The number of nitrogens with zero attached hydrogens (tertiary/aromatic N) is 3. The van der Waals surface area contributed by atoms with Crippen LogP contribution in [0, 0.1) is 6.92 Å². The Morgan fingerprint density at radius 1 is 0.607 bits per heavy atom. The van der Waals surface area contributed by atoms with Crippen molar-refractivity contribution in [3.63, 3.8) is 0 Å².